The summed E-state index contributed by atoms with van der Waals surface area (Å²) in [5, 5.41) is 2.89. The first-order chi connectivity index (χ1) is 6.86. The molecule has 0 unspecified atom stereocenters. The highest BCUT2D eigenvalue weighted by Crippen LogP contribution is 2.27. The fourth-order valence-electron chi connectivity index (χ4n) is 1.23. The molecule has 0 aromatic heterocycles. The van der Waals surface area contributed by atoms with Gasteiger partial charge >= 0.3 is 0 Å². The lowest BCUT2D eigenvalue weighted by atomic mass is 9.82. The number of carbonyl (C=O) groups excluding carboxylic acids is 1. The number of hydrogen-bond acceptors (Lipinski definition) is 1. The van der Waals surface area contributed by atoms with Gasteiger partial charge in [-0.3, -0.25) is 4.79 Å². The fraction of sp³-hybridized carbons (Fsp3) is 0.462. The van der Waals surface area contributed by atoms with Crippen molar-refractivity contribution >= 4 is 5.91 Å². The van der Waals surface area contributed by atoms with Crippen LogP contribution in [-0.4, -0.2) is 11.9 Å². The molecule has 1 amide bonds. The van der Waals surface area contributed by atoms with Gasteiger partial charge in [0.1, 0.15) is 0 Å². The maximum atomic E-state index is 11.9. The second-order valence-electron chi connectivity index (χ2n) is 4.31. The Bertz CT molecular complexity index is 285. The van der Waals surface area contributed by atoms with E-state index in [1.54, 1.807) is 12.2 Å². The lowest BCUT2D eigenvalue weighted by Gasteiger charge is -2.26. The summed E-state index contributed by atoms with van der Waals surface area (Å²) in [6.45, 7) is 15.0. The molecule has 0 aromatic rings. The number of rotatable bonds is 5. The minimum absolute atomic E-state index is 0.00509. The molecule has 0 fully saturated rings. The van der Waals surface area contributed by atoms with Crippen LogP contribution in [0.15, 0.2) is 37.0 Å². The van der Waals surface area contributed by atoms with E-state index in [-0.39, 0.29) is 11.9 Å². The zero-order valence-electron chi connectivity index (χ0n) is 10.1. The highest BCUT2D eigenvalue weighted by Gasteiger charge is 2.30. The molecule has 0 aromatic carbocycles. The molecule has 0 spiro atoms. The van der Waals surface area contributed by atoms with Crippen LogP contribution in [-0.2, 0) is 4.79 Å². The fourth-order valence-corrected chi connectivity index (χ4v) is 1.23. The molecule has 0 radical (unpaired) electrons. The van der Waals surface area contributed by atoms with E-state index in [0.29, 0.717) is 0 Å². The lowest BCUT2D eigenvalue weighted by Crippen LogP contribution is -2.41. The summed E-state index contributed by atoms with van der Waals surface area (Å²) in [7, 11) is 0. The first kappa shape index (κ1) is 13.7. The molecule has 1 N–H and O–H groups in total. The zero-order chi connectivity index (χ0) is 12.1. The lowest BCUT2D eigenvalue weighted by molar-refractivity contribution is -0.127. The Balaban J connectivity index is 4.93. The molecule has 0 bridgehead atoms. The normalized spacial score (nSPS) is 12.5. The van der Waals surface area contributed by atoms with Crippen LogP contribution in [0.25, 0.3) is 0 Å². The average molecular weight is 207 g/mol. The zero-order valence-corrected chi connectivity index (χ0v) is 10.1. The Morgan fingerprint density at radius 1 is 1.33 bits per heavy atom. The topological polar surface area (TPSA) is 29.1 Å². The van der Waals surface area contributed by atoms with Gasteiger partial charge < -0.3 is 5.32 Å². The van der Waals surface area contributed by atoms with Crippen LogP contribution in [0.5, 0.6) is 0 Å². The van der Waals surface area contributed by atoms with Gasteiger partial charge in [-0.15, -0.1) is 0 Å². The summed E-state index contributed by atoms with van der Waals surface area (Å²) in [6, 6.07) is 0.145. The van der Waals surface area contributed by atoms with Crippen LogP contribution in [0.4, 0.5) is 0 Å². The number of allylic oxidation sites excluding steroid dienone is 3. The van der Waals surface area contributed by atoms with Gasteiger partial charge in [-0.1, -0.05) is 31.4 Å². The van der Waals surface area contributed by atoms with Crippen LogP contribution < -0.4 is 5.32 Å². The number of carbonyl (C=O) groups is 1. The minimum atomic E-state index is -0.569. The van der Waals surface area contributed by atoms with Gasteiger partial charge in [0.05, 0.1) is 5.41 Å². The van der Waals surface area contributed by atoms with E-state index in [2.05, 4.69) is 18.5 Å². The van der Waals surface area contributed by atoms with Crippen LogP contribution in [0.1, 0.15) is 27.7 Å². The predicted molar refractivity (Wildman–Crippen MR) is 65.5 cm³/mol. The number of hydrogen-bond donors (Lipinski definition) is 1. The van der Waals surface area contributed by atoms with E-state index in [1.807, 2.05) is 33.8 Å². The van der Waals surface area contributed by atoms with Crippen molar-refractivity contribution in [3.05, 3.63) is 37.0 Å². The summed E-state index contributed by atoms with van der Waals surface area (Å²) in [4.78, 5) is 11.9. The van der Waals surface area contributed by atoms with Gasteiger partial charge in [0.2, 0.25) is 5.91 Å². The molecule has 84 valence electrons. The molecule has 0 rings (SSSR count). The molecular formula is C13H21NO. The minimum Gasteiger partial charge on any atom is -0.353 e. The Hall–Kier alpha value is -1.31. The predicted octanol–water partition coefficient (Wildman–Crippen LogP) is 2.84. The van der Waals surface area contributed by atoms with E-state index in [0.717, 1.165) is 5.57 Å². The second-order valence-corrected chi connectivity index (χ2v) is 4.31. The van der Waals surface area contributed by atoms with Crippen LogP contribution in [0, 0.1) is 5.41 Å². The van der Waals surface area contributed by atoms with Crippen molar-refractivity contribution < 1.29 is 4.79 Å². The summed E-state index contributed by atoms with van der Waals surface area (Å²) in [6.07, 6.45) is 5.18. The van der Waals surface area contributed by atoms with E-state index < -0.39 is 5.41 Å². The molecule has 0 aliphatic heterocycles. The SMILES string of the molecule is C=C/C=C(\C=C)C(C)(C)C(=O)NC(C)C. The molecule has 0 aliphatic carbocycles. The summed E-state index contributed by atoms with van der Waals surface area (Å²) in [5.74, 6) is 0.00509. The number of nitrogens with one attached hydrogen (secondary N) is 1. The van der Waals surface area contributed by atoms with E-state index in [4.69, 9.17) is 0 Å². The first-order valence-electron chi connectivity index (χ1n) is 5.12. The van der Waals surface area contributed by atoms with E-state index >= 15 is 0 Å². The molecule has 0 atom stereocenters. The molecule has 2 nitrogen and oxygen atoms in total. The Morgan fingerprint density at radius 3 is 2.20 bits per heavy atom. The third kappa shape index (κ3) is 3.74. The monoisotopic (exact) mass is 207 g/mol. The largest absolute Gasteiger partial charge is 0.353 e. The summed E-state index contributed by atoms with van der Waals surface area (Å²) >= 11 is 0. The average Bonchev–Trinajstić information content (AvgIpc) is 2.12. The summed E-state index contributed by atoms with van der Waals surface area (Å²) in [5.41, 5.74) is 0.302. The number of amides is 1. The van der Waals surface area contributed by atoms with E-state index in [1.165, 1.54) is 0 Å². The van der Waals surface area contributed by atoms with Crippen molar-refractivity contribution in [3.63, 3.8) is 0 Å². The molecule has 0 heterocycles. The third-order valence-corrected chi connectivity index (χ3v) is 2.23. The first-order valence-corrected chi connectivity index (χ1v) is 5.12. The second kappa shape index (κ2) is 5.54. The van der Waals surface area contributed by atoms with Gasteiger partial charge in [0.15, 0.2) is 0 Å². The Labute approximate surface area is 92.8 Å². The van der Waals surface area contributed by atoms with Crippen LogP contribution >= 0.6 is 0 Å². The molecule has 2 heteroatoms. The van der Waals surface area contributed by atoms with Crippen molar-refractivity contribution in [1.29, 1.82) is 0 Å². The Kier molecular flexibility index (Phi) is 5.06. The van der Waals surface area contributed by atoms with Gasteiger partial charge in [0, 0.05) is 6.04 Å². The Morgan fingerprint density at radius 2 is 1.87 bits per heavy atom. The maximum Gasteiger partial charge on any atom is 0.230 e. The van der Waals surface area contributed by atoms with Gasteiger partial charge in [-0.05, 0) is 33.3 Å². The van der Waals surface area contributed by atoms with Crippen LogP contribution in [0.2, 0.25) is 0 Å². The van der Waals surface area contributed by atoms with Crippen molar-refractivity contribution in [1.82, 2.24) is 5.32 Å². The van der Waals surface area contributed by atoms with Crippen molar-refractivity contribution in [2.24, 2.45) is 5.41 Å². The van der Waals surface area contributed by atoms with Crippen molar-refractivity contribution in [2.45, 2.75) is 33.7 Å². The highest BCUT2D eigenvalue weighted by atomic mass is 16.2. The standard InChI is InChI=1S/C13H21NO/c1-7-9-11(8-2)13(5,6)12(15)14-10(3)4/h7-10H,1-2H2,3-6H3,(H,14,15)/b11-9+. The smallest absolute Gasteiger partial charge is 0.230 e. The van der Waals surface area contributed by atoms with Gasteiger partial charge in [-0.25, -0.2) is 0 Å². The van der Waals surface area contributed by atoms with Crippen molar-refractivity contribution in [3.8, 4) is 0 Å². The third-order valence-electron chi connectivity index (χ3n) is 2.23. The molecule has 0 saturated carbocycles. The van der Waals surface area contributed by atoms with E-state index in [9.17, 15) is 4.79 Å². The highest BCUT2D eigenvalue weighted by molar-refractivity contribution is 5.86. The van der Waals surface area contributed by atoms with Crippen LogP contribution in [0.3, 0.4) is 0 Å². The summed E-state index contributed by atoms with van der Waals surface area (Å²) < 4.78 is 0. The van der Waals surface area contributed by atoms with Crippen molar-refractivity contribution in [2.75, 3.05) is 0 Å². The molecule has 0 saturated heterocycles. The maximum absolute atomic E-state index is 11.9. The molecule has 0 aliphatic rings. The van der Waals surface area contributed by atoms with Gasteiger partial charge in [-0.2, -0.15) is 0 Å². The quantitative estimate of drug-likeness (QED) is 0.690. The molecule has 15 heavy (non-hydrogen) atoms. The molecular weight excluding hydrogens is 186 g/mol. The van der Waals surface area contributed by atoms with Gasteiger partial charge in [0.25, 0.3) is 0 Å².